The van der Waals surface area contributed by atoms with Gasteiger partial charge in [0.15, 0.2) is 0 Å². The van der Waals surface area contributed by atoms with E-state index in [2.05, 4.69) is 36.9 Å². The number of hydrogen-bond donors (Lipinski definition) is 0. The fraction of sp³-hybridized carbons (Fsp3) is 0.417. The number of amides is 1. The number of rotatable bonds is 4. The number of benzene rings is 2. The van der Waals surface area contributed by atoms with Crippen LogP contribution < -0.4 is 0 Å². The summed E-state index contributed by atoms with van der Waals surface area (Å²) in [4.78, 5) is 15.5. The highest BCUT2D eigenvalue weighted by molar-refractivity contribution is 6.03. The van der Waals surface area contributed by atoms with Crippen molar-refractivity contribution in [2.45, 2.75) is 45.6 Å². The predicted octanol–water partition coefficient (Wildman–Crippen LogP) is 4.61. The highest BCUT2D eigenvalue weighted by Gasteiger charge is 2.34. The number of hydrogen-bond acceptors (Lipinski definition) is 3. The van der Waals surface area contributed by atoms with Gasteiger partial charge >= 0.3 is 0 Å². The number of carbonyl (C=O) groups is 1. The molecule has 0 aliphatic carbocycles. The van der Waals surface area contributed by atoms with Gasteiger partial charge in [-0.1, -0.05) is 42.3 Å². The Morgan fingerprint density at radius 2 is 1.79 bits per heavy atom. The third-order valence-corrected chi connectivity index (χ3v) is 5.94. The van der Waals surface area contributed by atoms with E-state index in [1.165, 1.54) is 24.1 Å². The molecule has 2 heterocycles. The molecule has 2 aromatic carbocycles. The summed E-state index contributed by atoms with van der Waals surface area (Å²) in [5.74, 6) is -0.230. The maximum absolute atomic E-state index is 13.4. The second-order valence-electron chi connectivity index (χ2n) is 8.21. The van der Waals surface area contributed by atoms with Crippen molar-refractivity contribution < 1.29 is 9.18 Å². The van der Waals surface area contributed by atoms with Crippen molar-refractivity contribution in [3.63, 3.8) is 0 Å². The van der Waals surface area contributed by atoms with Gasteiger partial charge in [0.2, 0.25) is 0 Å². The minimum absolute atomic E-state index is 0.0370. The van der Waals surface area contributed by atoms with Gasteiger partial charge in [0, 0.05) is 6.42 Å². The molecule has 0 saturated carbocycles. The molecule has 29 heavy (non-hydrogen) atoms. The molecule has 0 aromatic heterocycles. The Hall–Kier alpha value is -2.53. The zero-order valence-corrected chi connectivity index (χ0v) is 17.2. The van der Waals surface area contributed by atoms with Crippen LogP contribution in [0.4, 0.5) is 4.39 Å². The van der Waals surface area contributed by atoms with Crippen LogP contribution in [0.3, 0.4) is 0 Å². The average molecular weight is 394 g/mol. The molecule has 0 radical (unpaired) electrons. The van der Waals surface area contributed by atoms with E-state index >= 15 is 0 Å². The van der Waals surface area contributed by atoms with Crippen molar-refractivity contribution in [2.24, 2.45) is 5.10 Å². The third-order valence-electron chi connectivity index (χ3n) is 5.94. The van der Waals surface area contributed by atoms with Gasteiger partial charge in [-0.05, 0) is 68.6 Å². The highest BCUT2D eigenvalue weighted by Crippen LogP contribution is 2.35. The first-order valence-corrected chi connectivity index (χ1v) is 10.5. The Labute approximate surface area is 172 Å². The van der Waals surface area contributed by atoms with Gasteiger partial charge in [0.1, 0.15) is 5.82 Å². The van der Waals surface area contributed by atoms with Crippen LogP contribution in [0.5, 0.6) is 0 Å². The van der Waals surface area contributed by atoms with E-state index in [1.807, 2.05) is 0 Å². The lowest BCUT2D eigenvalue weighted by Crippen LogP contribution is -2.40. The van der Waals surface area contributed by atoms with Gasteiger partial charge in [0.05, 0.1) is 18.3 Å². The SMILES string of the molecule is Cc1ccc(C)c(C2CC(c3ccc(F)cc3)=NN2C(=O)CN2CCCCC2)c1. The number of hydrazone groups is 1. The topological polar surface area (TPSA) is 35.9 Å². The Morgan fingerprint density at radius 1 is 1.07 bits per heavy atom. The lowest BCUT2D eigenvalue weighted by Gasteiger charge is -2.29. The first kappa shape index (κ1) is 19.8. The van der Waals surface area contributed by atoms with Gasteiger partial charge in [-0.25, -0.2) is 9.40 Å². The number of piperidine rings is 1. The van der Waals surface area contributed by atoms with Crippen LogP contribution in [0.15, 0.2) is 47.6 Å². The summed E-state index contributed by atoms with van der Waals surface area (Å²) in [6.45, 7) is 6.50. The first-order chi connectivity index (χ1) is 14.0. The number of nitrogens with zero attached hydrogens (tertiary/aromatic N) is 3. The Morgan fingerprint density at radius 3 is 2.52 bits per heavy atom. The van der Waals surface area contributed by atoms with Gasteiger partial charge in [-0.2, -0.15) is 5.10 Å². The average Bonchev–Trinajstić information content (AvgIpc) is 3.16. The summed E-state index contributed by atoms with van der Waals surface area (Å²) >= 11 is 0. The van der Waals surface area contributed by atoms with Gasteiger partial charge < -0.3 is 0 Å². The Balaban J connectivity index is 1.64. The molecule has 1 saturated heterocycles. The van der Waals surface area contributed by atoms with E-state index in [1.54, 1.807) is 17.1 Å². The number of aryl methyl sites for hydroxylation is 2. The molecule has 1 atom stereocenters. The maximum atomic E-state index is 13.4. The molecule has 2 aliphatic heterocycles. The van der Waals surface area contributed by atoms with Crippen LogP contribution in [-0.4, -0.2) is 41.2 Å². The molecule has 0 spiro atoms. The summed E-state index contributed by atoms with van der Waals surface area (Å²) < 4.78 is 13.4. The molecule has 4 rings (SSSR count). The molecule has 4 nitrogen and oxygen atoms in total. The molecule has 1 unspecified atom stereocenters. The molecular weight excluding hydrogens is 365 g/mol. The van der Waals surface area contributed by atoms with Gasteiger partial charge in [-0.3, -0.25) is 9.69 Å². The largest absolute Gasteiger partial charge is 0.294 e. The van der Waals surface area contributed by atoms with E-state index in [0.29, 0.717) is 13.0 Å². The second-order valence-corrected chi connectivity index (χ2v) is 8.21. The number of halogens is 1. The molecule has 0 bridgehead atoms. The van der Waals surface area contributed by atoms with Crippen molar-refractivity contribution in [3.05, 3.63) is 70.5 Å². The molecule has 5 heteroatoms. The molecule has 1 fully saturated rings. The van der Waals surface area contributed by atoms with E-state index in [-0.39, 0.29) is 17.8 Å². The van der Waals surface area contributed by atoms with E-state index < -0.39 is 0 Å². The zero-order chi connectivity index (χ0) is 20.4. The molecule has 2 aromatic rings. The van der Waals surface area contributed by atoms with Crippen molar-refractivity contribution >= 4 is 11.6 Å². The van der Waals surface area contributed by atoms with Crippen LogP contribution >= 0.6 is 0 Å². The van der Waals surface area contributed by atoms with Crippen molar-refractivity contribution in [1.82, 2.24) is 9.91 Å². The minimum Gasteiger partial charge on any atom is -0.294 e. The lowest BCUT2D eigenvalue weighted by molar-refractivity contribution is -0.134. The second kappa shape index (κ2) is 8.46. The van der Waals surface area contributed by atoms with Crippen molar-refractivity contribution in [3.8, 4) is 0 Å². The lowest BCUT2D eigenvalue weighted by atomic mass is 9.94. The smallest absolute Gasteiger partial charge is 0.257 e. The predicted molar refractivity (Wildman–Crippen MR) is 113 cm³/mol. The van der Waals surface area contributed by atoms with Crippen molar-refractivity contribution in [2.75, 3.05) is 19.6 Å². The number of likely N-dealkylation sites (tertiary alicyclic amines) is 1. The molecule has 152 valence electrons. The summed E-state index contributed by atoms with van der Waals surface area (Å²) in [6, 6.07) is 12.6. The van der Waals surface area contributed by atoms with Gasteiger partial charge in [-0.15, -0.1) is 0 Å². The van der Waals surface area contributed by atoms with Gasteiger partial charge in [0.25, 0.3) is 5.91 Å². The highest BCUT2D eigenvalue weighted by atomic mass is 19.1. The third kappa shape index (κ3) is 4.40. The fourth-order valence-corrected chi connectivity index (χ4v) is 4.30. The van der Waals surface area contributed by atoms with Crippen LogP contribution in [-0.2, 0) is 4.79 Å². The quantitative estimate of drug-likeness (QED) is 0.761. The Bertz CT molecular complexity index is 916. The molecular formula is C24H28FN3O. The summed E-state index contributed by atoms with van der Waals surface area (Å²) in [5.41, 5.74) is 5.17. The normalized spacial score (nSPS) is 20.0. The summed E-state index contributed by atoms with van der Waals surface area (Å²) in [6.07, 6.45) is 4.18. The zero-order valence-electron chi connectivity index (χ0n) is 17.2. The first-order valence-electron chi connectivity index (χ1n) is 10.5. The van der Waals surface area contributed by atoms with Crippen LogP contribution in [0.1, 0.15) is 54.0 Å². The number of carbonyl (C=O) groups excluding carboxylic acids is 1. The summed E-state index contributed by atoms with van der Waals surface area (Å²) in [7, 11) is 0. The van der Waals surface area contributed by atoms with E-state index in [9.17, 15) is 9.18 Å². The monoisotopic (exact) mass is 393 g/mol. The van der Waals surface area contributed by atoms with E-state index in [0.717, 1.165) is 48.3 Å². The van der Waals surface area contributed by atoms with Crippen LogP contribution in [0.25, 0.3) is 0 Å². The molecule has 1 amide bonds. The van der Waals surface area contributed by atoms with Crippen LogP contribution in [0.2, 0.25) is 0 Å². The van der Waals surface area contributed by atoms with Crippen molar-refractivity contribution in [1.29, 1.82) is 0 Å². The molecule has 2 aliphatic rings. The summed E-state index contributed by atoms with van der Waals surface area (Å²) in [5, 5.41) is 6.41. The van der Waals surface area contributed by atoms with E-state index in [4.69, 9.17) is 5.10 Å². The molecule has 0 N–H and O–H groups in total. The Kier molecular flexibility index (Phi) is 5.76. The minimum atomic E-state index is -0.267. The van der Waals surface area contributed by atoms with Crippen LogP contribution in [0, 0.1) is 19.7 Å². The fourth-order valence-electron chi connectivity index (χ4n) is 4.30. The maximum Gasteiger partial charge on any atom is 0.257 e. The standard InChI is InChI=1S/C24H28FN3O/c1-17-6-7-18(2)21(14-17)23-15-22(19-8-10-20(25)11-9-19)26-28(23)24(29)16-27-12-4-3-5-13-27/h6-11,14,23H,3-5,12-13,15-16H2,1-2H3.